The Kier molecular flexibility index (Phi) is 7.45. The standard InChI is InChI=1S/C23H28ClNO7S/c1-12(2)33(27,28)25-16-9-7-14-19(13-8-10-18(29-3)17(26)11-15(13)16)21(30-4)23(32-6)22(31-5)20(14)24/h8,10-12,16,25H,7,9H2,1-6H3/t16-/m0/s1. The molecule has 1 atom stereocenters. The van der Waals surface area contributed by atoms with Gasteiger partial charge in [-0.2, -0.15) is 0 Å². The lowest BCUT2D eigenvalue weighted by Crippen LogP contribution is -2.34. The molecule has 180 valence electrons. The molecule has 1 N–H and O–H groups in total. The zero-order chi connectivity index (χ0) is 24.5. The first-order valence-corrected chi connectivity index (χ1v) is 12.3. The molecular weight excluding hydrogens is 470 g/mol. The average molecular weight is 498 g/mol. The van der Waals surface area contributed by atoms with Crippen LogP contribution >= 0.6 is 11.6 Å². The summed E-state index contributed by atoms with van der Waals surface area (Å²) in [5.41, 5.74) is 2.02. The molecule has 0 aliphatic heterocycles. The maximum absolute atomic E-state index is 12.8. The van der Waals surface area contributed by atoms with Crippen LogP contribution in [0.5, 0.6) is 23.0 Å². The molecule has 10 heteroatoms. The zero-order valence-electron chi connectivity index (χ0n) is 19.4. The Bertz CT molecular complexity index is 1230. The Morgan fingerprint density at radius 1 is 1.00 bits per heavy atom. The van der Waals surface area contributed by atoms with Crippen LogP contribution in [-0.2, 0) is 16.4 Å². The maximum atomic E-state index is 12.8. The Hall–Kier alpha value is -2.49. The van der Waals surface area contributed by atoms with Crippen molar-refractivity contribution in [2.75, 3.05) is 28.4 Å². The first-order chi connectivity index (χ1) is 15.6. The van der Waals surface area contributed by atoms with Crippen molar-refractivity contribution in [3.05, 3.63) is 44.6 Å². The van der Waals surface area contributed by atoms with E-state index in [2.05, 4.69) is 4.72 Å². The van der Waals surface area contributed by atoms with E-state index in [-0.39, 0.29) is 11.2 Å². The van der Waals surface area contributed by atoms with Gasteiger partial charge in [-0.3, -0.25) is 4.79 Å². The van der Waals surface area contributed by atoms with Crippen LogP contribution in [0.2, 0.25) is 5.02 Å². The lowest BCUT2D eigenvalue weighted by molar-refractivity contribution is 0.325. The number of fused-ring (bicyclic) bond motifs is 3. The van der Waals surface area contributed by atoms with Gasteiger partial charge in [0, 0.05) is 11.6 Å². The summed E-state index contributed by atoms with van der Waals surface area (Å²) in [5, 5.41) is -0.312. The number of methoxy groups -OCH3 is 4. The molecule has 0 unspecified atom stereocenters. The van der Waals surface area contributed by atoms with Gasteiger partial charge in [-0.1, -0.05) is 17.7 Å². The van der Waals surface area contributed by atoms with Crippen molar-refractivity contribution in [2.45, 2.75) is 38.0 Å². The van der Waals surface area contributed by atoms with E-state index in [0.717, 1.165) is 0 Å². The van der Waals surface area contributed by atoms with Gasteiger partial charge in [-0.15, -0.1) is 0 Å². The fourth-order valence-corrected chi connectivity index (χ4v) is 5.26. The fraction of sp³-hybridized carbons (Fsp3) is 0.435. The van der Waals surface area contributed by atoms with E-state index < -0.39 is 21.3 Å². The molecule has 0 saturated heterocycles. The minimum Gasteiger partial charge on any atom is -0.493 e. The van der Waals surface area contributed by atoms with Crippen LogP contribution in [-0.4, -0.2) is 42.1 Å². The first kappa shape index (κ1) is 25.1. The third-order valence-electron chi connectivity index (χ3n) is 5.73. The highest BCUT2D eigenvalue weighted by Crippen LogP contribution is 2.54. The van der Waals surface area contributed by atoms with E-state index >= 15 is 0 Å². The van der Waals surface area contributed by atoms with Gasteiger partial charge in [0.25, 0.3) is 0 Å². The number of hydrogen-bond acceptors (Lipinski definition) is 7. The van der Waals surface area contributed by atoms with Crippen LogP contribution in [0.15, 0.2) is 23.0 Å². The fourth-order valence-electron chi connectivity index (χ4n) is 4.00. The third-order valence-corrected chi connectivity index (χ3v) is 7.99. The summed E-state index contributed by atoms with van der Waals surface area (Å²) in [6, 6.07) is 3.98. The quantitative estimate of drug-likeness (QED) is 0.622. The van der Waals surface area contributed by atoms with E-state index in [1.54, 1.807) is 26.0 Å². The van der Waals surface area contributed by atoms with Crippen molar-refractivity contribution in [3.63, 3.8) is 0 Å². The molecule has 2 aromatic carbocycles. The molecule has 0 bridgehead atoms. The third kappa shape index (κ3) is 4.49. The van der Waals surface area contributed by atoms with Crippen LogP contribution in [0.25, 0.3) is 11.1 Å². The number of rotatable bonds is 7. The van der Waals surface area contributed by atoms with E-state index in [4.69, 9.17) is 30.5 Å². The van der Waals surface area contributed by atoms with Gasteiger partial charge < -0.3 is 18.9 Å². The van der Waals surface area contributed by atoms with Crippen molar-refractivity contribution < 1.29 is 27.4 Å². The van der Waals surface area contributed by atoms with Crippen LogP contribution in [0.1, 0.15) is 37.4 Å². The molecule has 8 nitrogen and oxygen atoms in total. The van der Waals surface area contributed by atoms with Gasteiger partial charge in [0.15, 0.2) is 17.2 Å². The van der Waals surface area contributed by atoms with Crippen molar-refractivity contribution in [3.8, 4) is 34.1 Å². The molecule has 0 amide bonds. The SMILES string of the molecule is COc1c(Cl)c2c(c(OC)c1OC)-c1ccc(OC)c(=O)cc1[C@@H](NS(=O)(=O)C(C)C)CC2. The number of ether oxygens (including phenoxy) is 4. The summed E-state index contributed by atoms with van der Waals surface area (Å²) in [7, 11) is 2.21. The molecule has 0 spiro atoms. The number of sulfonamides is 1. The van der Waals surface area contributed by atoms with E-state index in [1.807, 2.05) is 0 Å². The van der Waals surface area contributed by atoms with Gasteiger partial charge in [0.1, 0.15) is 0 Å². The number of hydrogen-bond donors (Lipinski definition) is 1. The van der Waals surface area contributed by atoms with E-state index in [1.165, 1.54) is 34.5 Å². The molecule has 0 aromatic heterocycles. The van der Waals surface area contributed by atoms with Crippen LogP contribution in [0, 0.1) is 0 Å². The summed E-state index contributed by atoms with van der Waals surface area (Å²) < 4.78 is 50.3. The second-order valence-electron chi connectivity index (χ2n) is 7.85. The van der Waals surface area contributed by atoms with E-state index in [0.29, 0.717) is 57.4 Å². The van der Waals surface area contributed by atoms with Gasteiger partial charge >= 0.3 is 0 Å². The number of benzene rings is 1. The van der Waals surface area contributed by atoms with Crippen LogP contribution in [0.4, 0.5) is 0 Å². The minimum atomic E-state index is -3.64. The molecule has 1 aliphatic carbocycles. The van der Waals surface area contributed by atoms with Gasteiger partial charge in [0.2, 0.25) is 21.2 Å². The molecule has 0 fully saturated rings. The molecule has 3 rings (SSSR count). The van der Waals surface area contributed by atoms with Crippen LogP contribution in [0.3, 0.4) is 0 Å². The van der Waals surface area contributed by atoms with Gasteiger partial charge in [-0.25, -0.2) is 13.1 Å². The van der Waals surface area contributed by atoms with E-state index in [9.17, 15) is 13.2 Å². The molecule has 33 heavy (non-hydrogen) atoms. The Balaban J connectivity index is 2.45. The average Bonchev–Trinajstić information content (AvgIpc) is 3.02. The molecule has 0 heterocycles. The van der Waals surface area contributed by atoms with Gasteiger partial charge in [0.05, 0.1) is 38.7 Å². The molecule has 2 aromatic rings. The predicted octanol–water partition coefficient (Wildman–Crippen LogP) is 3.72. The normalized spacial score (nSPS) is 15.3. The Morgan fingerprint density at radius 3 is 2.18 bits per heavy atom. The van der Waals surface area contributed by atoms with Crippen molar-refractivity contribution in [1.82, 2.24) is 4.72 Å². The van der Waals surface area contributed by atoms with Crippen molar-refractivity contribution in [1.29, 1.82) is 0 Å². The summed E-state index contributed by atoms with van der Waals surface area (Å²) in [5.74, 6) is 1.12. The highest BCUT2D eigenvalue weighted by atomic mass is 35.5. The zero-order valence-corrected chi connectivity index (χ0v) is 21.0. The summed E-state index contributed by atoms with van der Waals surface area (Å²) in [4.78, 5) is 12.8. The molecular formula is C23H28ClNO7S. The van der Waals surface area contributed by atoms with Crippen molar-refractivity contribution in [2.24, 2.45) is 0 Å². The van der Waals surface area contributed by atoms with Crippen LogP contribution < -0.4 is 29.1 Å². The van der Waals surface area contributed by atoms with Gasteiger partial charge in [-0.05, 0) is 55.5 Å². The maximum Gasteiger partial charge on any atom is 0.220 e. The highest BCUT2D eigenvalue weighted by molar-refractivity contribution is 7.90. The predicted molar refractivity (Wildman–Crippen MR) is 128 cm³/mol. The van der Waals surface area contributed by atoms with Crippen molar-refractivity contribution >= 4 is 21.6 Å². The summed E-state index contributed by atoms with van der Waals surface area (Å²) in [6.07, 6.45) is 0.760. The number of halogens is 1. The monoisotopic (exact) mass is 497 g/mol. The Labute approximate surface area is 198 Å². The smallest absolute Gasteiger partial charge is 0.220 e. The largest absolute Gasteiger partial charge is 0.493 e. The Morgan fingerprint density at radius 2 is 1.64 bits per heavy atom. The second-order valence-corrected chi connectivity index (χ2v) is 10.5. The molecule has 0 saturated carbocycles. The lowest BCUT2D eigenvalue weighted by atomic mass is 9.95. The highest BCUT2D eigenvalue weighted by Gasteiger charge is 2.33. The molecule has 0 radical (unpaired) electrons. The second kappa shape index (κ2) is 9.79. The minimum absolute atomic E-state index is 0.126. The first-order valence-electron chi connectivity index (χ1n) is 10.3. The molecule has 1 aliphatic rings. The number of nitrogens with one attached hydrogen (secondary N) is 1. The topological polar surface area (TPSA) is 100 Å². The summed E-state index contributed by atoms with van der Waals surface area (Å²) in [6.45, 7) is 3.19. The summed E-state index contributed by atoms with van der Waals surface area (Å²) >= 11 is 6.75. The lowest BCUT2D eigenvalue weighted by Gasteiger charge is -2.21.